The maximum Gasteiger partial charge on any atom is 2.00 e. The van der Waals surface area contributed by atoms with E-state index < -0.39 is 7.82 Å². The van der Waals surface area contributed by atoms with Crippen LogP contribution in [0.2, 0.25) is 0 Å². The Balaban J connectivity index is -0.00000000614. The Morgan fingerprint density at radius 2 is 1.33 bits per heavy atom. The van der Waals surface area contributed by atoms with Crippen LogP contribution in [0, 0.1) is 0 Å². The van der Waals surface area contributed by atoms with E-state index in [1.807, 2.05) is 6.92 Å². The van der Waals surface area contributed by atoms with E-state index in [9.17, 15) is 0 Å². The Hall–Kier alpha value is 2.55. The number of hydrogen-bond acceptors (Lipinski definition) is 2. The van der Waals surface area contributed by atoms with Crippen molar-refractivity contribution >= 4 is 83.3 Å². The van der Waals surface area contributed by atoms with Crippen LogP contribution in [0.3, 0.4) is 0 Å². The first-order valence-corrected chi connectivity index (χ1v) is 3.87. The number of aliphatic hydroxyl groups excluding tert-OH is 1. The molecule has 0 heterocycles. The quantitative estimate of drug-likeness (QED) is 0.330. The molecule has 0 atom stereocenters. The maximum atomic E-state index is 8.88. The van der Waals surface area contributed by atoms with Crippen LogP contribution in [0.4, 0.5) is 0 Å². The second kappa shape index (κ2) is 19.2. The van der Waals surface area contributed by atoms with Crippen LogP contribution in [-0.2, 0) is 4.57 Å². The normalized spacial score (nSPS) is 7.42. The Bertz CT molecular complexity index is 97.5. The molecule has 74 valence electrons. The SMILES string of the molecule is CCCO.O.O=P(O)(O)O.[Ca+2].[Ca+2].[H-].[H-].[H-].[H-]. The van der Waals surface area contributed by atoms with E-state index in [-0.39, 0.29) is 86.7 Å². The van der Waals surface area contributed by atoms with Gasteiger partial charge >= 0.3 is 83.3 Å². The van der Waals surface area contributed by atoms with Gasteiger partial charge in [-0.15, -0.1) is 0 Å². The zero-order chi connectivity index (χ0) is 7.91. The zero-order valence-electron chi connectivity index (χ0n) is 11.0. The predicted octanol–water partition coefficient (Wildman–Crippen LogP) is -1.68. The molecule has 0 saturated heterocycles. The van der Waals surface area contributed by atoms with Gasteiger partial charge in [-0.25, -0.2) is 4.57 Å². The van der Waals surface area contributed by atoms with Gasteiger partial charge < -0.3 is 31.0 Å². The molecule has 0 aliphatic rings. The molecule has 0 aromatic rings. The van der Waals surface area contributed by atoms with Crippen molar-refractivity contribution in [1.82, 2.24) is 0 Å². The van der Waals surface area contributed by atoms with E-state index in [0.717, 1.165) is 6.42 Å². The van der Waals surface area contributed by atoms with E-state index in [0.29, 0.717) is 6.61 Å². The third kappa shape index (κ3) is 133. The van der Waals surface area contributed by atoms with E-state index in [4.69, 9.17) is 24.4 Å². The van der Waals surface area contributed by atoms with Gasteiger partial charge in [0, 0.05) is 6.61 Å². The van der Waals surface area contributed by atoms with Gasteiger partial charge in [-0.3, -0.25) is 0 Å². The number of hydrogen-bond donors (Lipinski definition) is 4. The fraction of sp³-hybridized carbons (Fsp3) is 1.00. The van der Waals surface area contributed by atoms with E-state index in [2.05, 4.69) is 0 Å². The average molecular weight is 260 g/mol. The summed E-state index contributed by atoms with van der Waals surface area (Å²) in [7, 11) is -4.64. The molecule has 6 nitrogen and oxygen atoms in total. The van der Waals surface area contributed by atoms with Gasteiger partial charge in [0.05, 0.1) is 0 Å². The first kappa shape index (κ1) is 29.3. The van der Waals surface area contributed by atoms with Gasteiger partial charge in [-0.05, 0) is 6.42 Å². The molecule has 0 saturated carbocycles. The Morgan fingerprint density at radius 3 is 1.33 bits per heavy atom. The first-order valence-electron chi connectivity index (χ1n) is 2.31. The van der Waals surface area contributed by atoms with E-state index >= 15 is 0 Å². The molecular formula is C3H17Ca2O6P. The minimum atomic E-state index is -4.64. The summed E-state index contributed by atoms with van der Waals surface area (Å²) < 4.78 is 8.88. The smallest absolute Gasteiger partial charge is 1.00 e. The van der Waals surface area contributed by atoms with Crippen molar-refractivity contribution in [2.45, 2.75) is 13.3 Å². The van der Waals surface area contributed by atoms with Gasteiger partial charge in [-0.2, -0.15) is 0 Å². The zero-order valence-corrected chi connectivity index (χ0v) is 12.3. The molecule has 0 aromatic carbocycles. The molecule has 6 N–H and O–H groups in total. The number of aliphatic hydroxyl groups is 1. The first-order chi connectivity index (χ1) is 3.91. The third-order valence-corrected chi connectivity index (χ3v) is 0.224. The molecule has 0 spiro atoms. The molecule has 0 bridgehead atoms. The van der Waals surface area contributed by atoms with Crippen molar-refractivity contribution in [2.75, 3.05) is 6.61 Å². The average Bonchev–Trinajstić information content (AvgIpc) is 1.61. The third-order valence-electron chi connectivity index (χ3n) is 0.224. The van der Waals surface area contributed by atoms with Crippen LogP contribution >= 0.6 is 7.82 Å². The fourth-order valence-corrected chi connectivity index (χ4v) is 0. The largest absolute Gasteiger partial charge is 2.00 e. The summed E-state index contributed by atoms with van der Waals surface area (Å²) in [6.07, 6.45) is 0.875. The summed E-state index contributed by atoms with van der Waals surface area (Å²) in [6, 6.07) is 0. The van der Waals surface area contributed by atoms with Crippen molar-refractivity contribution in [3.05, 3.63) is 0 Å². The van der Waals surface area contributed by atoms with Gasteiger partial charge in [0.25, 0.3) is 0 Å². The fourth-order valence-electron chi connectivity index (χ4n) is 0. The molecule has 0 unspecified atom stereocenters. The predicted molar refractivity (Wildman–Crippen MR) is 51.2 cm³/mol. The van der Waals surface area contributed by atoms with Crippen LogP contribution in [-0.4, -0.2) is 107 Å². The van der Waals surface area contributed by atoms with Crippen molar-refractivity contribution in [3.63, 3.8) is 0 Å². The van der Waals surface area contributed by atoms with Crippen LogP contribution in [0.5, 0.6) is 0 Å². The molecule has 0 fully saturated rings. The van der Waals surface area contributed by atoms with Crippen LogP contribution in [0.25, 0.3) is 0 Å². The summed E-state index contributed by atoms with van der Waals surface area (Å²) in [5.41, 5.74) is 0. The van der Waals surface area contributed by atoms with Crippen LogP contribution in [0.1, 0.15) is 19.1 Å². The molecule has 9 heteroatoms. The number of phosphoric acid groups is 1. The van der Waals surface area contributed by atoms with Gasteiger partial charge in [0.2, 0.25) is 0 Å². The summed E-state index contributed by atoms with van der Waals surface area (Å²) in [5.74, 6) is 0. The molecule has 0 aromatic heterocycles. The summed E-state index contributed by atoms with van der Waals surface area (Å²) >= 11 is 0. The minimum Gasteiger partial charge on any atom is -1.00 e. The maximum absolute atomic E-state index is 8.88. The van der Waals surface area contributed by atoms with Crippen molar-refractivity contribution in [1.29, 1.82) is 0 Å². The second-order valence-electron chi connectivity index (χ2n) is 1.24. The summed E-state index contributed by atoms with van der Waals surface area (Å²) in [4.78, 5) is 21.6. The summed E-state index contributed by atoms with van der Waals surface area (Å²) in [5, 5.41) is 7.88. The Morgan fingerprint density at radius 1 is 1.25 bits per heavy atom. The monoisotopic (exact) mass is 260 g/mol. The van der Waals surface area contributed by atoms with E-state index in [1.165, 1.54) is 0 Å². The Kier molecular flexibility index (Phi) is 46.8. The molecule has 12 heavy (non-hydrogen) atoms. The minimum absolute atomic E-state index is 0. The van der Waals surface area contributed by atoms with E-state index in [1.54, 1.807) is 0 Å². The number of rotatable bonds is 1. The van der Waals surface area contributed by atoms with Crippen molar-refractivity contribution in [3.8, 4) is 0 Å². The van der Waals surface area contributed by atoms with Crippen LogP contribution in [0.15, 0.2) is 0 Å². The topological polar surface area (TPSA) is 129 Å². The molecule has 0 aliphatic carbocycles. The second-order valence-corrected chi connectivity index (χ2v) is 2.26. The van der Waals surface area contributed by atoms with Crippen molar-refractivity contribution in [2.24, 2.45) is 0 Å². The molecule has 0 aliphatic heterocycles. The molecular weight excluding hydrogens is 243 g/mol. The Labute approximate surface area is 137 Å². The molecule has 0 amide bonds. The molecule has 0 rings (SSSR count). The summed E-state index contributed by atoms with van der Waals surface area (Å²) in [6.45, 7) is 2.25. The standard InChI is InChI=1S/C3H8O.2Ca.H3O4P.H2O.4H/c1-2-3-4;;;1-5(2,3)4;;;;;/h4H,2-3H2,1H3;;;(H3,1,2,3,4);1H2;;;;/q;2*+2;;;4*-1. The van der Waals surface area contributed by atoms with Gasteiger partial charge in [0.1, 0.15) is 0 Å². The van der Waals surface area contributed by atoms with Crippen molar-refractivity contribution < 1.29 is 35.5 Å². The van der Waals surface area contributed by atoms with Gasteiger partial charge in [-0.1, -0.05) is 6.92 Å². The van der Waals surface area contributed by atoms with Gasteiger partial charge in [0.15, 0.2) is 0 Å². The molecule has 0 radical (unpaired) electrons. The van der Waals surface area contributed by atoms with Crippen LogP contribution < -0.4 is 0 Å².